The molecule has 1 aliphatic heterocycles. The van der Waals surface area contributed by atoms with E-state index in [1.807, 2.05) is 0 Å². The van der Waals surface area contributed by atoms with Crippen LogP contribution in [0.3, 0.4) is 0 Å². The number of hydrogen-bond acceptors (Lipinski definition) is 3. The van der Waals surface area contributed by atoms with Crippen molar-refractivity contribution in [1.82, 2.24) is 4.23 Å². The van der Waals surface area contributed by atoms with Crippen LogP contribution in [0, 0.1) is 17.3 Å². The van der Waals surface area contributed by atoms with Gasteiger partial charge in [0.05, 0.1) is 11.7 Å². The van der Waals surface area contributed by atoms with Crippen LogP contribution < -0.4 is 0 Å². The lowest BCUT2D eigenvalue weighted by Crippen LogP contribution is -2.67. The summed E-state index contributed by atoms with van der Waals surface area (Å²) in [6, 6.07) is 0. The van der Waals surface area contributed by atoms with E-state index in [-0.39, 0.29) is 18.8 Å². The van der Waals surface area contributed by atoms with Crippen LogP contribution >= 0.6 is 0 Å². The molecular formula is C20H40BNO2Si2. The molecule has 6 heteroatoms. The van der Waals surface area contributed by atoms with Crippen molar-refractivity contribution in [2.24, 2.45) is 17.3 Å². The molecule has 3 saturated carbocycles. The third-order valence-electron chi connectivity index (χ3n) is 7.47. The average Bonchev–Trinajstić information content (AvgIpc) is 2.80. The van der Waals surface area contributed by atoms with Gasteiger partial charge in [0.2, 0.25) is 0 Å². The number of nitrogens with zero attached hydrogens (tertiary/aromatic N) is 1. The predicted molar refractivity (Wildman–Crippen MR) is 117 cm³/mol. The SMILES string of the molecule is C=CC[C@@H](B1O[C@@H]2C[C@@H]3C[C@@H](C3(C)C)[C@]2(C)O1)N([Si](C)(C)C)[Si](C)(C)C. The standard InChI is InChI=1S/C20H40BNO2Si2/c1-11-12-18(22(25(5,6)7)26(8,9)10)21-23-17-14-15-13-16(19(15,2)3)20(17,4)24-21/h11,15-18H,1,12-14H2,2-10H3/t15-,16-,17+,18-,20-/m0/s1. The summed E-state index contributed by atoms with van der Waals surface area (Å²) < 4.78 is 16.4. The van der Waals surface area contributed by atoms with E-state index >= 15 is 0 Å². The third-order valence-corrected chi connectivity index (χ3v) is 15.0. The van der Waals surface area contributed by atoms with Gasteiger partial charge in [-0.15, -0.1) is 6.58 Å². The van der Waals surface area contributed by atoms with E-state index in [9.17, 15) is 0 Å². The van der Waals surface area contributed by atoms with Gasteiger partial charge in [0, 0.05) is 5.94 Å². The lowest BCUT2D eigenvalue weighted by Gasteiger charge is -2.64. The van der Waals surface area contributed by atoms with Gasteiger partial charge in [-0.3, -0.25) is 0 Å². The first-order chi connectivity index (χ1) is 11.7. The van der Waals surface area contributed by atoms with Gasteiger partial charge in [-0.2, -0.15) is 0 Å². The molecule has 4 rings (SSSR count). The molecular weight excluding hydrogens is 353 g/mol. The Kier molecular flexibility index (Phi) is 5.06. The number of rotatable bonds is 6. The molecule has 5 atom stereocenters. The largest absolute Gasteiger partial charge is 0.475 e. The molecule has 2 bridgehead atoms. The highest BCUT2D eigenvalue weighted by Gasteiger charge is 2.69. The maximum Gasteiger partial charge on any atom is 0.475 e. The van der Waals surface area contributed by atoms with Crippen molar-refractivity contribution in [2.75, 3.05) is 0 Å². The van der Waals surface area contributed by atoms with E-state index in [4.69, 9.17) is 9.31 Å². The molecule has 4 fully saturated rings. The summed E-state index contributed by atoms with van der Waals surface area (Å²) in [4.78, 5) is 0. The first kappa shape index (κ1) is 20.8. The van der Waals surface area contributed by atoms with Crippen LogP contribution in [0.15, 0.2) is 12.7 Å². The third kappa shape index (κ3) is 3.14. The first-order valence-electron chi connectivity index (χ1n) is 10.5. The van der Waals surface area contributed by atoms with E-state index in [0.29, 0.717) is 17.3 Å². The molecule has 0 aromatic rings. The minimum absolute atomic E-state index is 0.114. The second kappa shape index (κ2) is 6.31. The Labute approximate surface area is 164 Å². The molecule has 4 aliphatic rings. The first-order valence-corrected chi connectivity index (χ1v) is 17.4. The molecule has 148 valence electrons. The summed E-state index contributed by atoms with van der Waals surface area (Å²) in [5.74, 6) is 1.73. The fraction of sp³-hybridized carbons (Fsp3) is 0.900. The van der Waals surface area contributed by atoms with Crippen LogP contribution in [0.2, 0.25) is 39.3 Å². The van der Waals surface area contributed by atoms with E-state index in [0.717, 1.165) is 18.8 Å². The van der Waals surface area contributed by atoms with Gasteiger partial charge in [-0.05, 0) is 43.4 Å². The van der Waals surface area contributed by atoms with Gasteiger partial charge in [0.1, 0.15) is 16.5 Å². The predicted octanol–water partition coefficient (Wildman–Crippen LogP) is 5.17. The highest BCUT2D eigenvalue weighted by atomic mass is 28.4. The van der Waals surface area contributed by atoms with Gasteiger partial charge in [0.25, 0.3) is 0 Å². The summed E-state index contributed by atoms with van der Waals surface area (Å²) in [6.45, 7) is 26.0. The summed E-state index contributed by atoms with van der Waals surface area (Å²) in [7, 11) is -3.14. The van der Waals surface area contributed by atoms with Gasteiger partial charge < -0.3 is 13.5 Å². The Morgan fingerprint density at radius 2 is 1.69 bits per heavy atom. The maximum atomic E-state index is 6.86. The normalized spacial score (nSPS) is 37.3. The van der Waals surface area contributed by atoms with E-state index in [1.165, 1.54) is 6.42 Å². The van der Waals surface area contributed by atoms with Crippen molar-refractivity contribution < 1.29 is 9.31 Å². The molecule has 0 N–H and O–H groups in total. The van der Waals surface area contributed by atoms with Crippen LogP contribution in [0.4, 0.5) is 0 Å². The lowest BCUT2D eigenvalue weighted by atomic mass is 9.43. The zero-order valence-electron chi connectivity index (χ0n) is 18.6. The molecule has 0 unspecified atom stereocenters. The Bertz CT molecular complexity index is 557. The van der Waals surface area contributed by atoms with Crippen molar-refractivity contribution in [1.29, 1.82) is 0 Å². The molecule has 1 saturated heterocycles. The Balaban J connectivity index is 1.90. The van der Waals surface area contributed by atoms with Crippen LogP contribution in [0.1, 0.15) is 40.0 Å². The Hall–Kier alpha value is 0.119. The Morgan fingerprint density at radius 3 is 2.15 bits per heavy atom. The Morgan fingerprint density at radius 1 is 1.12 bits per heavy atom. The van der Waals surface area contributed by atoms with Crippen molar-refractivity contribution in [3.63, 3.8) is 0 Å². The van der Waals surface area contributed by atoms with Crippen molar-refractivity contribution in [3.05, 3.63) is 12.7 Å². The molecule has 1 heterocycles. The van der Waals surface area contributed by atoms with Crippen LogP contribution in [0.25, 0.3) is 0 Å². The minimum Gasteiger partial charge on any atom is -0.404 e. The zero-order chi connectivity index (χ0) is 19.7. The van der Waals surface area contributed by atoms with E-state index < -0.39 is 16.5 Å². The van der Waals surface area contributed by atoms with E-state index in [2.05, 4.69) is 76.9 Å². The molecule has 0 aromatic carbocycles. The van der Waals surface area contributed by atoms with Gasteiger partial charge in [-0.1, -0.05) is 59.2 Å². The second-order valence-electron chi connectivity index (χ2n) is 11.6. The molecule has 26 heavy (non-hydrogen) atoms. The van der Waals surface area contributed by atoms with Gasteiger partial charge in [-0.25, -0.2) is 0 Å². The van der Waals surface area contributed by atoms with Crippen molar-refractivity contribution in [2.45, 2.75) is 97.0 Å². The molecule has 3 aliphatic carbocycles. The molecule has 0 amide bonds. The second-order valence-corrected chi connectivity index (χ2v) is 21.7. The molecule has 0 radical (unpaired) electrons. The maximum absolute atomic E-state index is 6.86. The fourth-order valence-corrected chi connectivity index (χ4v) is 17.1. The summed E-state index contributed by atoms with van der Waals surface area (Å²) in [6.07, 6.45) is 5.76. The molecule has 0 aromatic heterocycles. The van der Waals surface area contributed by atoms with Gasteiger partial charge >= 0.3 is 7.12 Å². The quantitative estimate of drug-likeness (QED) is 0.459. The average molecular weight is 394 g/mol. The van der Waals surface area contributed by atoms with Gasteiger partial charge in [0.15, 0.2) is 0 Å². The monoisotopic (exact) mass is 393 g/mol. The summed E-state index contributed by atoms with van der Waals surface area (Å²) >= 11 is 0. The molecule has 0 spiro atoms. The van der Waals surface area contributed by atoms with E-state index in [1.54, 1.807) is 0 Å². The highest BCUT2D eigenvalue weighted by Crippen LogP contribution is 2.65. The van der Waals surface area contributed by atoms with Crippen molar-refractivity contribution >= 4 is 23.6 Å². The van der Waals surface area contributed by atoms with Crippen molar-refractivity contribution in [3.8, 4) is 0 Å². The van der Waals surface area contributed by atoms with Crippen LogP contribution in [-0.2, 0) is 9.31 Å². The van der Waals surface area contributed by atoms with Crippen LogP contribution in [0.5, 0.6) is 0 Å². The molecule has 3 nitrogen and oxygen atoms in total. The minimum atomic E-state index is -1.51. The smallest absolute Gasteiger partial charge is 0.404 e. The summed E-state index contributed by atoms with van der Waals surface area (Å²) in [5, 5.41) is 0. The fourth-order valence-electron chi connectivity index (χ4n) is 6.57. The lowest BCUT2D eigenvalue weighted by molar-refractivity contribution is -0.199. The number of hydrogen-bond donors (Lipinski definition) is 0. The zero-order valence-corrected chi connectivity index (χ0v) is 20.6. The topological polar surface area (TPSA) is 21.7 Å². The highest BCUT2D eigenvalue weighted by molar-refractivity contribution is 6.90. The van der Waals surface area contributed by atoms with Crippen LogP contribution in [-0.4, -0.2) is 45.5 Å². The summed E-state index contributed by atoms with van der Waals surface area (Å²) in [5.41, 5.74) is 0.279.